The van der Waals surface area contributed by atoms with E-state index in [2.05, 4.69) is 31.3 Å². The van der Waals surface area contributed by atoms with E-state index in [0.717, 1.165) is 0 Å². The lowest BCUT2D eigenvalue weighted by atomic mass is 10.2. The lowest BCUT2D eigenvalue weighted by Crippen LogP contribution is -2.07. The molecule has 0 unspecified atom stereocenters. The van der Waals surface area contributed by atoms with Gasteiger partial charge in [-0.25, -0.2) is 0 Å². The average molecular weight is 299 g/mol. The van der Waals surface area contributed by atoms with E-state index in [0.29, 0.717) is 28.6 Å². The summed E-state index contributed by atoms with van der Waals surface area (Å²) in [4.78, 5) is 11.2. The minimum absolute atomic E-state index is 0.149. The molecule has 3 rings (SSSR count). The minimum atomic E-state index is -0.149. The van der Waals surface area contributed by atoms with Gasteiger partial charge in [0.15, 0.2) is 11.5 Å². The van der Waals surface area contributed by atoms with E-state index < -0.39 is 0 Å². The van der Waals surface area contributed by atoms with Crippen LogP contribution in [0.2, 0.25) is 0 Å². The van der Waals surface area contributed by atoms with Crippen molar-refractivity contribution in [3.63, 3.8) is 0 Å². The van der Waals surface area contributed by atoms with E-state index in [1.807, 2.05) is 0 Å². The third-order valence-corrected chi connectivity index (χ3v) is 2.85. The second-order valence-corrected chi connectivity index (χ2v) is 4.47. The zero-order chi connectivity index (χ0) is 15.5. The number of fused-ring (bicyclic) bond motifs is 1. The number of aromatic nitrogens is 5. The quantitative estimate of drug-likeness (QED) is 0.746. The molecule has 0 atom stereocenters. The summed E-state index contributed by atoms with van der Waals surface area (Å²) < 4.78 is 6.61. The van der Waals surface area contributed by atoms with Crippen LogP contribution in [0, 0.1) is 0 Å². The van der Waals surface area contributed by atoms with Gasteiger partial charge in [-0.2, -0.15) is 0 Å². The number of methoxy groups -OCH3 is 1. The summed E-state index contributed by atoms with van der Waals surface area (Å²) >= 11 is 0. The number of amides is 1. The first-order valence-corrected chi connectivity index (χ1v) is 6.44. The molecule has 9 heteroatoms. The zero-order valence-electron chi connectivity index (χ0n) is 11.9. The van der Waals surface area contributed by atoms with Crippen LogP contribution in [0.15, 0.2) is 30.3 Å². The Kier molecular flexibility index (Phi) is 3.52. The van der Waals surface area contributed by atoms with Crippen LogP contribution >= 0.6 is 0 Å². The summed E-state index contributed by atoms with van der Waals surface area (Å²) in [5, 5.41) is 21.1. The molecule has 0 aliphatic rings. The van der Waals surface area contributed by atoms with Gasteiger partial charge in [0.2, 0.25) is 5.91 Å². The predicted molar refractivity (Wildman–Crippen MR) is 79.2 cm³/mol. The van der Waals surface area contributed by atoms with E-state index in [1.54, 1.807) is 37.4 Å². The molecule has 2 aromatic heterocycles. The predicted octanol–water partition coefficient (Wildman–Crippen LogP) is 1.23. The maximum absolute atomic E-state index is 11.2. The molecule has 0 fully saturated rings. The fourth-order valence-electron chi connectivity index (χ4n) is 1.94. The number of hydrogen-bond donors (Lipinski definition) is 2. The van der Waals surface area contributed by atoms with Crippen molar-refractivity contribution in [2.75, 3.05) is 17.7 Å². The first kappa shape index (κ1) is 13.7. The topological polar surface area (TPSA) is 106 Å². The molecule has 0 spiro atoms. The van der Waals surface area contributed by atoms with Gasteiger partial charge in [-0.1, -0.05) is 0 Å². The van der Waals surface area contributed by atoms with E-state index in [-0.39, 0.29) is 5.91 Å². The monoisotopic (exact) mass is 299 g/mol. The molecule has 0 radical (unpaired) electrons. The summed E-state index contributed by atoms with van der Waals surface area (Å²) in [6.07, 6.45) is 0. The van der Waals surface area contributed by atoms with Crippen molar-refractivity contribution >= 4 is 28.7 Å². The van der Waals surface area contributed by atoms with E-state index in [4.69, 9.17) is 4.74 Å². The van der Waals surface area contributed by atoms with Crippen LogP contribution in [0.25, 0.3) is 5.65 Å². The van der Waals surface area contributed by atoms with Crippen molar-refractivity contribution in [2.24, 2.45) is 0 Å². The van der Waals surface area contributed by atoms with Gasteiger partial charge in [0, 0.05) is 12.6 Å². The molecule has 0 saturated heterocycles. The summed E-state index contributed by atoms with van der Waals surface area (Å²) in [6.45, 7) is 1.45. The standard InChI is InChI=1S/C13H13N7O2/c1-8(21)14-9-3-4-11(22-2)10(7-9)15-12-5-6-13-16-18-19-20(13)17-12/h3-7H,1-2H3,(H,14,21)(H,15,17). The number of carbonyl (C=O) groups excluding carboxylic acids is 1. The number of carbonyl (C=O) groups is 1. The largest absolute Gasteiger partial charge is 0.495 e. The van der Waals surface area contributed by atoms with Crippen LogP contribution in [-0.2, 0) is 4.79 Å². The molecule has 2 heterocycles. The van der Waals surface area contributed by atoms with Crippen molar-refractivity contribution < 1.29 is 9.53 Å². The number of hydrogen-bond acceptors (Lipinski definition) is 7. The van der Waals surface area contributed by atoms with Crippen LogP contribution < -0.4 is 15.4 Å². The van der Waals surface area contributed by atoms with Crippen LogP contribution in [0.3, 0.4) is 0 Å². The molecule has 9 nitrogen and oxygen atoms in total. The number of nitrogens with zero attached hydrogens (tertiary/aromatic N) is 5. The first-order chi connectivity index (χ1) is 10.7. The van der Waals surface area contributed by atoms with Crippen LogP contribution in [0.1, 0.15) is 6.92 Å². The molecule has 22 heavy (non-hydrogen) atoms. The molecule has 0 aliphatic heterocycles. The SMILES string of the molecule is COc1ccc(NC(C)=O)cc1Nc1ccc2nnnn2n1. The molecule has 0 saturated carbocycles. The van der Waals surface area contributed by atoms with Crippen molar-refractivity contribution in [2.45, 2.75) is 6.92 Å². The first-order valence-electron chi connectivity index (χ1n) is 6.44. The Labute approximate surface area is 125 Å². The molecule has 2 N–H and O–H groups in total. The number of nitrogens with one attached hydrogen (secondary N) is 2. The Bertz CT molecular complexity index is 830. The van der Waals surface area contributed by atoms with Crippen molar-refractivity contribution in [3.05, 3.63) is 30.3 Å². The number of ether oxygens (including phenoxy) is 1. The second kappa shape index (κ2) is 5.64. The van der Waals surface area contributed by atoms with Gasteiger partial charge in [-0.15, -0.1) is 14.8 Å². The van der Waals surface area contributed by atoms with Crippen molar-refractivity contribution in [3.8, 4) is 5.75 Å². The van der Waals surface area contributed by atoms with E-state index >= 15 is 0 Å². The molecule has 0 aliphatic carbocycles. The van der Waals surface area contributed by atoms with Gasteiger partial charge < -0.3 is 15.4 Å². The van der Waals surface area contributed by atoms with Gasteiger partial charge in [-0.05, 0) is 40.8 Å². The minimum Gasteiger partial charge on any atom is -0.495 e. The van der Waals surface area contributed by atoms with Crippen molar-refractivity contribution in [1.82, 2.24) is 25.3 Å². The number of anilines is 3. The summed E-state index contributed by atoms with van der Waals surface area (Å²) in [7, 11) is 1.57. The fourth-order valence-corrected chi connectivity index (χ4v) is 1.94. The van der Waals surface area contributed by atoms with E-state index in [9.17, 15) is 4.79 Å². The highest BCUT2D eigenvalue weighted by atomic mass is 16.5. The Morgan fingerprint density at radius 1 is 1.27 bits per heavy atom. The highest BCUT2D eigenvalue weighted by Gasteiger charge is 2.08. The van der Waals surface area contributed by atoms with Gasteiger partial charge in [0.1, 0.15) is 5.75 Å². The Hall–Kier alpha value is -3.23. The zero-order valence-corrected chi connectivity index (χ0v) is 11.9. The summed E-state index contributed by atoms with van der Waals surface area (Å²) in [5.41, 5.74) is 1.86. The molecule has 3 aromatic rings. The van der Waals surface area contributed by atoms with Crippen LogP contribution in [0.5, 0.6) is 5.75 Å². The van der Waals surface area contributed by atoms with Crippen LogP contribution in [-0.4, -0.2) is 38.3 Å². The highest BCUT2D eigenvalue weighted by molar-refractivity contribution is 5.89. The third kappa shape index (κ3) is 2.77. The average Bonchev–Trinajstić information content (AvgIpc) is 2.94. The van der Waals surface area contributed by atoms with Gasteiger partial charge in [-0.3, -0.25) is 4.79 Å². The fraction of sp³-hybridized carbons (Fsp3) is 0.154. The number of rotatable bonds is 4. The summed E-state index contributed by atoms with van der Waals surface area (Å²) in [6, 6.07) is 8.74. The van der Waals surface area contributed by atoms with Gasteiger partial charge in [0.05, 0.1) is 12.8 Å². The van der Waals surface area contributed by atoms with Crippen LogP contribution in [0.4, 0.5) is 17.2 Å². The smallest absolute Gasteiger partial charge is 0.221 e. The maximum Gasteiger partial charge on any atom is 0.221 e. The normalized spacial score (nSPS) is 10.5. The third-order valence-electron chi connectivity index (χ3n) is 2.85. The lowest BCUT2D eigenvalue weighted by molar-refractivity contribution is -0.114. The van der Waals surface area contributed by atoms with Gasteiger partial charge >= 0.3 is 0 Å². The Balaban J connectivity index is 1.93. The molecule has 112 valence electrons. The Morgan fingerprint density at radius 3 is 2.91 bits per heavy atom. The Morgan fingerprint density at radius 2 is 2.14 bits per heavy atom. The van der Waals surface area contributed by atoms with E-state index in [1.165, 1.54) is 11.6 Å². The molecule has 0 bridgehead atoms. The number of benzene rings is 1. The molecule has 1 amide bonds. The summed E-state index contributed by atoms with van der Waals surface area (Å²) in [5.74, 6) is 1.01. The second-order valence-electron chi connectivity index (χ2n) is 4.47. The molecular formula is C13H13N7O2. The van der Waals surface area contributed by atoms with Gasteiger partial charge in [0.25, 0.3) is 0 Å². The molecular weight excluding hydrogens is 286 g/mol. The van der Waals surface area contributed by atoms with Crippen molar-refractivity contribution in [1.29, 1.82) is 0 Å². The molecule has 1 aromatic carbocycles. The lowest BCUT2D eigenvalue weighted by Gasteiger charge is -2.12. The highest BCUT2D eigenvalue weighted by Crippen LogP contribution is 2.30. The maximum atomic E-state index is 11.2. The number of tetrazole rings is 1.